The molecule has 3 rings (SSSR count). The fourth-order valence-corrected chi connectivity index (χ4v) is 6.49. The standard InChI is InChI=1S/C33H59N5O6Si2/c1-32(2,3)43-30(39)27-14-13-25(22-37(27)31(40)44-33(4,5)6)26-21-29(38-28(35-26)15-16-34-38)36(23-41-17-19-45(7,8)9)24-42-18-20-46(10,11)12/h15-16,21,25,27H,13-14,17-20,22-24H2,1-12H3. The normalized spacial score (nSPS) is 18.1. The Hall–Kier alpha value is -2.49. The predicted molar refractivity (Wildman–Crippen MR) is 188 cm³/mol. The van der Waals surface area contributed by atoms with Crippen LogP contribution in [0.1, 0.15) is 66.0 Å². The number of hydrogen-bond donors (Lipinski definition) is 0. The predicted octanol–water partition coefficient (Wildman–Crippen LogP) is 6.99. The Kier molecular flexibility index (Phi) is 12.5. The molecule has 0 bridgehead atoms. The minimum atomic E-state index is -1.26. The lowest BCUT2D eigenvalue weighted by Crippen LogP contribution is -2.53. The first-order chi connectivity index (χ1) is 21.1. The van der Waals surface area contributed by atoms with E-state index in [1.54, 1.807) is 6.20 Å². The fourth-order valence-electron chi connectivity index (χ4n) is 4.98. The maximum atomic E-state index is 13.5. The van der Waals surface area contributed by atoms with Crippen LogP contribution in [0, 0.1) is 0 Å². The molecule has 0 spiro atoms. The zero-order chi connectivity index (χ0) is 34.5. The fraction of sp³-hybridized carbons (Fsp3) is 0.758. The van der Waals surface area contributed by atoms with E-state index >= 15 is 0 Å². The van der Waals surface area contributed by atoms with Crippen LogP contribution in [0.4, 0.5) is 10.6 Å². The average Bonchev–Trinajstić information content (AvgIpc) is 3.37. The highest BCUT2D eigenvalue weighted by molar-refractivity contribution is 6.76. The number of fused-ring (bicyclic) bond motifs is 1. The molecule has 2 aromatic rings. The van der Waals surface area contributed by atoms with Crippen LogP contribution in [-0.4, -0.2) is 98.2 Å². The molecule has 11 nitrogen and oxygen atoms in total. The topological polar surface area (TPSA) is 108 Å². The van der Waals surface area contributed by atoms with Crippen LogP contribution in [0.25, 0.3) is 5.65 Å². The third-order valence-electron chi connectivity index (χ3n) is 7.48. The van der Waals surface area contributed by atoms with E-state index in [-0.39, 0.29) is 12.5 Å². The van der Waals surface area contributed by atoms with Crippen LogP contribution in [0.3, 0.4) is 0 Å². The van der Waals surface area contributed by atoms with E-state index in [4.69, 9.17) is 23.9 Å². The molecule has 1 aliphatic rings. The third-order valence-corrected chi connectivity index (χ3v) is 10.9. The summed E-state index contributed by atoms with van der Waals surface area (Å²) in [5.74, 6) is 0.255. The first-order valence-corrected chi connectivity index (χ1v) is 24.0. The van der Waals surface area contributed by atoms with Gasteiger partial charge in [-0.1, -0.05) is 39.3 Å². The van der Waals surface area contributed by atoms with Gasteiger partial charge in [0.1, 0.15) is 36.5 Å². The van der Waals surface area contributed by atoms with Gasteiger partial charge in [0.15, 0.2) is 5.65 Å². The lowest BCUT2D eigenvalue weighted by atomic mass is 9.90. The van der Waals surface area contributed by atoms with Gasteiger partial charge in [-0.3, -0.25) is 4.90 Å². The minimum absolute atomic E-state index is 0.132. The van der Waals surface area contributed by atoms with Crippen molar-refractivity contribution in [1.29, 1.82) is 0 Å². The maximum absolute atomic E-state index is 13.5. The third kappa shape index (κ3) is 12.3. The number of anilines is 1. The van der Waals surface area contributed by atoms with E-state index in [1.165, 1.54) is 4.90 Å². The van der Waals surface area contributed by atoms with Crippen molar-refractivity contribution >= 4 is 39.7 Å². The number of nitrogens with zero attached hydrogens (tertiary/aromatic N) is 5. The van der Waals surface area contributed by atoms with Gasteiger partial charge >= 0.3 is 12.1 Å². The first-order valence-electron chi connectivity index (χ1n) is 16.6. The van der Waals surface area contributed by atoms with Gasteiger partial charge in [-0.2, -0.15) is 9.61 Å². The molecule has 1 saturated heterocycles. The Morgan fingerprint density at radius 2 is 1.46 bits per heavy atom. The molecular weight excluding hydrogens is 619 g/mol. The molecule has 260 valence electrons. The smallest absolute Gasteiger partial charge is 0.411 e. The van der Waals surface area contributed by atoms with Crippen LogP contribution in [0.5, 0.6) is 0 Å². The number of aromatic nitrogens is 3. The van der Waals surface area contributed by atoms with Crippen LogP contribution in [0.15, 0.2) is 18.3 Å². The number of ether oxygens (including phenoxy) is 4. The van der Waals surface area contributed by atoms with E-state index in [0.29, 0.717) is 45.2 Å². The van der Waals surface area contributed by atoms with Gasteiger partial charge in [0.05, 0.1) is 11.9 Å². The number of carbonyl (C=O) groups excluding carboxylic acids is 2. The van der Waals surface area contributed by atoms with Gasteiger partial charge in [0.2, 0.25) is 0 Å². The number of rotatable bonds is 13. The van der Waals surface area contributed by atoms with Gasteiger partial charge in [0, 0.05) is 54.0 Å². The SMILES string of the molecule is CC(C)(C)OC(=O)C1CCC(c2cc(N(COCC[Si](C)(C)C)COCC[Si](C)(C)C)n3nccc3n2)CN1C(=O)OC(C)(C)C. The lowest BCUT2D eigenvalue weighted by molar-refractivity contribution is -0.162. The summed E-state index contributed by atoms with van der Waals surface area (Å²) in [4.78, 5) is 35.3. The largest absolute Gasteiger partial charge is 0.458 e. The van der Waals surface area contributed by atoms with Crippen LogP contribution < -0.4 is 4.90 Å². The van der Waals surface area contributed by atoms with Crippen molar-refractivity contribution in [3.63, 3.8) is 0 Å². The van der Waals surface area contributed by atoms with E-state index in [1.807, 2.05) is 58.2 Å². The molecule has 46 heavy (non-hydrogen) atoms. The van der Waals surface area contributed by atoms with Crippen molar-refractivity contribution in [2.45, 2.75) is 129 Å². The second kappa shape index (κ2) is 15.2. The van der Waals surface area contributed by atoms with Crippen molar-refractivity contribution in [1.82, 2.24) is 19.5 Å². The summed E-state index contributed by atoms with van der Waals surface area (Å²) < 4.78 is 25.7. The van der Waals surface area contributed by atoms with Crippen molar-refractivity contribution < 1.29 is 28.5 Å². The van der Waals surface area contributed by atoms with E-state index in [0.717, 1.165) is 23.6 Å². The van der Waals surface area contributed by atoms with Crippen molar-refractivity contribution in [2.75, 3.05) is 38.1 Å². The molecule has 0 aromatic carbocycles. The van der Waals surface area contributed by atoms with Gasteiger partial charge in [0.25, 0.3) is 0 Å². The summed E-state index contributed by atoms with van der Waals surface area (Å²) >= 11 is 0. The van der Waals surface area contributed by atoms with Crippen LogP contribution in [-0.2, 0) is 23.7 Å². The first kappa shape index (κ1) is 38.0. The van der Waals surface area contributed by atoms with E-state index < -0.39 is 45.5 Å². The van der Waals surface area contributed by atoms with Crippen molar-refractivity contribution in [3.8, 4) is 0 Å². The zero-order valence-electron chi connectivity index (χ0n) is 30.4. The summed E-state index contributed by atoms with van der Waals surface area (Å²) in [6, 6.07) is 5.30. The van der Waals surface area contributed by atoms with Gasteiger partial charge in [-0.15, -0.1) is 0 Å². The Morgan fingerprint density at radius 1 is 0.891 bits per heavy atom. The van der Waals surface area contributed by atoms with Crippen LogP contribution in [0.2, 0.25) is 51.4 Å². The summed E-state index contributed by atoms with van der Waals surface area (Å²) in [5, 5.41) is 4.58. The monoisotopic (exact) mass is 677 g/mol. The molecule has 1 fully saturated rings. The average molecular weight is 678 g/mol. The Bertz CT molecular complexity index is 1290. The quantitative estimate of drug-likeness (QED) is 0.0960. The second-order valence-electron chi connectivity index (χ2n) is 16.8. The summed E-state index contributed by atoms with van der Waals surface area (Å²) in [6.07, 6.45) is 2.29. The zero-order valence-corrected chi connectivity index (χ0v) is 32.4. The lowest BCUT2D eigenvalue weighted by Gasteiger charge is -2.39. The van der Waals surface area contributed by atoms with Gasteiger partial charge in [-0.25, -0.2) is 14.6 Å². The molecule has 1 amide bonds. The number of carbonyl (C=O) groups is 2. The van der Waals surface area contributed by atoms with Crippen LogP contribution >= 0.6 is 0 Å². The molecule has 2 unspecified atom stereocenters. The summed E-state index contributed by atoms with van der Waals surface area (Å²) in [6.45, 7) is 27.3. The summed E-state index contributed by atoms with van der Waals surface area (Å²) in [7, 11) is -2.51. The van der Waals surface area contributed by atoms with E-state index in [9.17, 15) is 9.59 Å². The molecule has 0 N–H and O–H groups in total. The number of likely N-dealkylation sites (tertiary alicyclic amines) is 1. The second-order valence-corrected chi connectivity index (χ2v) is 28.1. The Morgan fingerprint density at radius 3 is 1.98 bits per heavy atom. The number of hydrogen-bond acceptors (Lipinski definition) is 9. The molecule has 2 aromatic heterocycles. The molecule has 13 heteroatoms. The molecule has 0 aliphatic carbocycles. The summed E-state index contributed by atoms with van der Waals surface area (Å²) in [5.41, 5.74) is 0.123. The molecule has 1 aliphatic heterocycles. The van der Waals surface area contributed by atoms with Gasteiger partial charge in [-0.05, 0) is 66.5 Å². The van der Waals surface area contributed by atoms with Crippen molar-refractivity contribution in [3.05, 3.63) is 24.0 Å². The Balaban J connectivity index is 1.93. The highest BCUT2D eigenvalue weighted by Gasteiger charge is 2.41. The maximum Gasteiger partial charge on any atom is 0.411 e. The highest BCUT2D eigenvalue weighted by Crippen LogP contribution is 2.33. The Labute approximate surface area is 278 Å². The van der Waals surface area contributed by atoms with E-state index in [2.05, 4.69) is 49.3 Å². The number of amides is 1. The molecule has 0 radical (unpaired) electrons. The minimum Gasteiger partial charge on any atom is -0.458 e. The molecule has 3 heterocycles. The molecule has 0 saturated carbocycles. The molecular formula is C33H59N5O6Si2. The molecule has 2 atom stereocenters. The number of esters is 1. The van der Waals surface area contributed by atoms with Gasteiger partial charge < -0.3 is 23.8 Å². The number of piperidine rings is 1. The highest BCUT2D eigenvalue weighted by atomic mass is 28.3. The van der Waals surface area contributed by atoms with Crippen molar-refractivity contribution in [2.24, 2.45) is 0 Å².